The van der Waals surface area contributed by atoms with Crippen LogP contribution in [0.3, 0.4) is 0 Å². The number of aromatic nitrogens is 1. The zero-order valence-electron chi connectivity index (χ0n) is 15.2. The lowest BCUT2D eigenvalue weighted by Gasteiger charge is -2.19. The number of primary amides is 1. The fourth-order valence-corrected chi connectivity index (χ4v) is 3.37. The Labute approximate surface area is 162 Å². The summed E-state index contributed by atoms with van der Waals surface area (Å²) in [6.45, 7) is 0. The molecule has 0 saturated heterocycles. The first-order chi connectivity index (χ1) is 13.6. The van der Waals surface area contributed by atoms with E-state index >= 15 is 0 Å². The van der Waals surface area contributed by atoms with E-state index in [4.69, 9.17) is 5.73 Å². The number of fused-ring (bicyclic) bond motifs is 1. The predicted octanol–water partition coefficient (Wildman–Crippen LogP) is 3.27. The van der Waals surface area contributed by atoms with Crippen molar-refractivity contribution in [2.24, 2.45) is 5.73 Å². The van der Waals surface area contributed by atoms with E-state index in [1.54, 1.807) is 12.4 Å². The number of aryl methyl sites for hydroxylation is 1. The highest BCUT2D eigenvalue weighted by Gasteiger charge is 2.18. The Morgan fingerprint density at radius 2 is 1.86 bits per heavy atom. The van der Waals surface area contributed by atoms with Gasteiger partial charge in [0.05, 0.1) is 11.9 Å². The highest BCUT2D eigenvalue weighted by Crippen LogP contribution is 2.30. The Morgan fingerprint density at radius 3 is 2.64 bits per heavy atom. The number of anilines is 2. The maximum atomic E-state index is 12.0. The molecular weight excluding hydrogens is 352 g/mol. The molecule has 28 heavy (non-hydrogen) atoms. The zero-order valence-corrected chi connectivity index (χ0v) is 15.2. The van der Waals surface area contributed by atoms with Crippen LogP contribution in [0, 0.1) is 0 Å². The van der Waals surface area contributed by atoms with Crippen LogP contribution in [0.1, 0.15) is 23.6 Å². The zero-order chi connectivity index (χ0) is 19.5. The highest BCUT2D eigenvalue weighted by molar-refractivity contribution is 5.94. The van der Waals surface area contributed by atoms with Crippen molar-refractivity contribution < 1.29 is 9.59 Å². The average molecular weight is 372 g/mol. The maximum absolute atomic E-state index is 12.0. The molecule has 1 atom stereocenters. The van der Waals surface area contributed by atoms with Crippen molar-refractivity contribution in [2.45, 2.75) is 18.9 Å². The van der Waals surface area contributed by atoms with E-state index in [0.29, 0.717) is 12.1 Å². The molecule has 1 aliphatic heterocycles. The topological polar surface area (TPSA) is 97.1 Å². The normalized spacial score (nSPS) is 13.9. The summed E-state index contributed by atoms with van der Waals surface area (Å²) >= 11 is 0. The minimum absolute atomic E-state index is 0.0477. The predicted molar refractivity (Wildman–Crippen MR) is 109 cm³/mol. The number of benzene rings is 2. The summed E-state index contributed by atoms with van der Waals surface area (Å²) in [5, 5.41) is 6.07. The third kappa shape index (κ3) is 3.71. The number of pyridine rings is 1. The van der Waals surface area contributed by atoms with Gasteiger partial charge in [0, 0.05) is 23.9 Å². The molecule has 0 saturated carbocycles. The van der Waals surface area contributed by atoms with Gasteiger partial charge in [0.25, 0.3) is 0 Å². The third-order valence-corrected chi connectivity index (χ3v) is 4.80. The van der Waals surface area contributed by atoms with Gasteiger partial charge < -0.3 is 16.4 Å². The van der Waals surface area contributed by atoms with Crippen molar-refractivity contribution in [1.82, 2.24) is 4.98 Å². The lowest BCUT2D eigenvalue weighted by Crippen LogP contribution is -2.27. The van der Waals surface area contributed by atoms with E-state index in [1.807, 2.05) is 48.5 Å². The number of carbonyl (C=O) groups is 2. The van der Waals surface area contributed by atoms with Crippen molar-refractivity contribution in [1.29, 1.82) is 0 Å². The Kier molecular flexibility index (Phi) is 4.76. The minimum Gasteiger partial charge on any atom is -0.369 e. The largest absolute Gasteiger partial charge is 0.369 e. The molecule has 140 valence electrons. The van der Waals surface area contributed by atoms with Crippen molar-refractivity contribution >= 4 is 23.2 Å². The fraction of sp³-hybridized carbons (Fsp3) is 0.136. The van der Waals surface area contributed by atoms with Gasteiger partial charge in [0.2, 0.25) is 11.8 Å². The molecule has 3 aromatic rings. The molecule has 0 aliphatic carbocycles. The second kappa shape index (κ2) is 7.52. The molecule has 2 heterocycles. The van der Waals surface area contributed by atoms with Gasteiger partial charge in [-0.05, 0) is 41.3 Å². The van der Waals surface area contributed by atoms with Gasteiger partial charge in [-0.25, -0.2) is 0 Å². The van der Waals surface area contributed by atoms with E-state index in [0.717, 1.165) is 34.4 Å². The first-order valence-corrected chi connectivity index (χ1v) is 9.09. The molecule has 2 amide bonds. The van der Waals surface area contributed by atoms with E-state index in [9.17, 15) is 9.59 Å². The molecule has 0 bridgehead atoms. The molecular formula is C22H20N4O2. The molecule has 1 aromatic heterocycles. The van der Waals surface area contributed by atoms with Crippen LogP contribution >= 0.6 is 0 Å². The van der Waals surface area contributed by atoms with Crippen LogP contribution in [0.4, 0.5) is 11.4 Å². The Morgan fingerprint density at radius 1 is 1.04 bits per heavy atom. The van der Waals surface area contributed by atoms with Crippen molar-refractivity contribution in [3.05, 3.63) is 78.1 Å². The number of carbonyl (C=O) groups excluding carboxylic acids is 2. The van der Waals surface area contributed by atoms with Crippen molar-refractivity contribution in [3.8, 4) is 11.1 Å². The van der Waals surface area contributed by atoms with E-state index in [1.165, 1.54) is 0 Å². The summed E-state index contributed by atoms with van der Waals surface area (Å²) in [5.74, 6) is -0.410. The van der Waals surface area contributed by atoms with Crippen molar-refractivity contribution in [3.63, 3.8) is 0 Å². The molecule has 1 unspecified atom stereocenters. The van der Waals surface area contributed by atoms with Crippen molar-refractivity contribution in [2.75, 3.05) is 10.6 Å². The number of nitrogens with zero attached hydrogens (tertiary/aromatic N) is 1. The van der Waals surface area contributed by atoms with Gasteiger partial charge in [0.1, 0.15) is 6.04 Å². The molecule has 1 aliphatic rings. The molecule has 0 fully saturated rings. The smallest absolute Gasteiger partial charge is 0.244 e. The highest BCUT2D eigenvalue weighted by atomic mass is 16.2. The second-order valence-corrected chi connectivity index (χ2v) is 6.77. The molecule has 4 rings (SSSR count). The van der Waals surface area contributed by atoms with Crippen LogP contribution in [0.15, 0.2) is 67.0 Å². The summed E-state index contributed by atoms with van der Waals surface area (Å²) in [5.41, 5.74) is 11.0. The van der Waals surface area contributed by atoms with Crippen LogP contribution in [0.5, 0.6) is 0 Å². The average Bonchev–Trinajstić information content (AvgIpc) is 2.72. The van der Waals surface area contributed by atoms with Gasteiger partial charge in [-0.15, -0.1) is 0 Å². The van der Waals surface area contributed by atoms with Gasteiger partial charge in [-0.1, -0.05) is 36.4 Å². The Bertz CT molecular complexity index is 1030. The summed E-state index contributed by atoms with van der Waals surface area (Å²) in [4.78, 5) is 27.8. The van der Waals surface area contributed by atoms with E-state index in [2.05, 4.69) is 21.7 Å². The number of hydrogen-bond acceptors (Lipinski definition) is 4. The number of rotatable bonds is 5. The minimum atomic E-state index is -0.642. The van der Waals surface area contributed by atoms with Gasteiger partial charge >= 0.3 is 0 Å². The third-order valence-electron chi connectivity index (χ3n) is 4.80. The first kappa shape index (κ1) is 17.7. The maximum Gasteiger partial charge on any atom is 0.244 e. The number of nitrogens with two attached hydrogens (primary N) is 1. The summed E-state index contributed by atoms with van der Waals surface area (Å²) < 4.78 is 0. The molecule has 6 heteroatoms. The lowest BCUT2D eigenvalue weighted by atomic mass is 9.97. The SMILES string of the molecule is NC(=O)C(Nc1cncc(-c2ccc3c(c2)CCC(=O)N3)c1)c1ccccc1. The standard InChI is InChI=1S/C22H20N4O2/c23-22(28)21(14-4-2-1-3-5-14)25-18-11-17(12-24-13-18)15-6-8-19-16(10-15)7-9-20(27)26-19/h1-6,8,10-13,21,25H,7,9H2,(H2,23,28)(H,26,27). The second-order valence-electron chi connectivity index (χ2n) is 6.77. The summed E-state index contributed by atoms with van der Waals surface area (Å²) in [6, 6.07) is 16.6. The molecule has 0 radical (unpaired) electrons. The number of nitrogens with one attached hydrogen (secondary N) is 2. The first-order valence-electron chi connectivity index (χ1n) is 9.09. The molecule has 4 N–H and O–H groups in total. The van der Waals surface area contributed by atoms with Crippen LogP contribution in [-0.4, -0.2) is 16.8 Å². The fourth-order valence-electron chi connectivity index (χ4n) is 3.37. The van der Waals surface area contributed by atoms with Gasteiger partial charge in [0.15, 0.2) is 0 Å². The van der Waals surface area contributed by atoms with Crippen LogP contribution in [0.25, 0.3) is 11.1 Å². The van der Waals surface area contributed by atoms with Gasteiger partial charge in [-0.3, -0.25) is 14.6 Å². The number of hydrogen-bond donors (Lipinski definition) is 3. The van der Waals surface area contributed by atoms with Crippen LogP contribution in [0.2, 0.25) is 0 Å². The number of amides is 2. The molecule has 0 spiro atoms. The van der Waals surface area contributed by atoms with Gasteiger partial charge in [-0.2, -0.15) is 0 Å². The Hall–Kier alpha value is -3.67. The van der Waals surface area contributed by atoms with E-state index in [-0.39, 0.29) is 5.91 Å². The van der Waals surface area contributed by atoms with Crippen LogP contribution in [-0.2, 0) is 16.0 Å². The lowest BCUT2D eigenvalue weighted by molar-refractivity contribution is -0.119. The monoisotopic (exact) mass is 372 g/mol. The summed E-state index contributed by atoms with van der Waals surface area (Å²) in [7, 11) is 0. The van der Waals surface area contributed by atoms with E-state index < -0.39 is 11.9 Å². The quantitative estimate of drug-likeness (QED) is 0.640. The molecule has 6 nitrogen and oxygen atoms in total. The Balaban J connectivity index is 1.61. The molecule has 2 aromatic carbocycles. The van der Waals surface area contributed by atoms with Crippen LogP contribution < -0.4 is 16.4 Å². The summed E-state index contributed by atoms with van der Waals surface area (Å²) in [6.07, 6.45) is 4.66.